The van der Waals surface area contributed by atoms with Gasteiger partial charge >= 0.3 is 39.5 Å². The third-order valence-electron chi connectivity index (χ3n) is 23.0. The molecule has 17 nitrogen and oxygen atoms in total. The molecule has 0 rings (SSSR count). The summed E-state index contributed by atoms with van der Waals surface area (Å²) in [6, 6.07) is 0. The predicted molar refractivity (Wildman–Crippen MR) is 478 cm³/mol. The Morgan fingerprint density at radius 1 is 0.252 bits per heavy atom. The van der Waals surface area contributed by atoms with Crippen molar-refractivity contribution in [1.29, 1.82) is 0 Å². The molecule has 19 heteroatoms. The van der Waals surface area contributed by atoms with Crippen molar-refractivity contribution < 1.29 is 80.2 Å². The molecule has 0 aromatic rings. The van der Waals surface area contributed by atoms with Gasteiger partial charge < -0.3 is 33.8 Å². The van der Waals surface area contributed by atoms with E-state index in [1.165, 1.54) is 327 Å². The number of carbonyl (C=O) groups excluding carboxylic acids is 4. The molecule has 0 radical (unpaired) electrons. The number of hydrogen-bond donors (Lipinski definition) is 3. The van der Waals surface area contributed by atoms with E-state index < -0.39 is 97.5 Å². The van der Waals surface area contributed by atoms with E-state index in [4.69, 9.17) is 37.0 Å². The van der Waals surface area contributed by atoms with Gasteiger partial charge in [0, 0.05) is 25.7 Å². The van der Waals surface area contributed by atoms with Gasteiger partial charge in [0.15, 0.2) is 12.2 Å². The van der Waals surface area contributed by atoms with Crippen LogP contribution in [0.4, 0.5) is 0 Å². The van der Waals surface area contributed by atoms with Crippen LogP contribution in [0.3, 0.4) is 0 Å². The summed E-state index contributed by atoms with van der Waals surface area (Å²) in [5.41, 5.74) is 0. The van der Waals surface area contributed by atoms with Crippen molar-refractivity contribution in [2.24, 2.45) is 17.8 Å². The Morgan fingerprint density at radius 2 is 0.443 bits per heavy atom. The van der Waals surface area contributed by atoms with Gasteiger partial charge in [-0.2, -0.15) is 0 Å². The standard InChI is InChI=1S/C96H188O17P2/c1-8-10-11-12-13-14-15-16-17-18-19-20-21-22-26-32-37-42-49-56-63-70-77-93(98)106-83-91(112-95(100)79-72-65-58-50-43-38-33-27-24-23-25-31-36-41-48-55-62-69-76-89(7)9-2)85-110-114(102,103)108-81-90(97)82-109-115(104,105)111-86-92(84-107-94(99)78-71-64-57-52-45-47-54-61-68-75-88(5)6)113-96(101)80-73-66-59-51-44-39-34-29-28-30-35-40-46-53-60-67-74-87(3)4/h87-92,97H,8-86H2,1-7H3,(H,102,103)(H,104,105)/t89?,90-,91-,92-/m1/s1. The molecule has 3 unspecified atom stereocenters. The van der Waals surface area contributed by atoms with Crippen molar-refractivity contribution >= 4 is 39.5 Å². The zero-order valence-corrected chi connectivity index (χ0v) is 78.1. The van der Waals surface area contributed by atoms with Crippen LogP contribution in [0.1, 0.15) is 517 Å². The van der Waals surface area contributed by atoms with Crippen LogP contribution in [0.25, 0.3) is 0 Å². The minimum absolute atomic E-state index is 0.108. The molecular weight excluding hydrogens is 1490 g/mol. The highest BCUT2D eigenvalue weighted by atomic mass is 31.2. The molecule has 0 aliphatic carbocycles. The first-order chi connectivity index (χ1) is 55.8. The first kappa shape index (κ1) is 113. The van der Waals surface area contributed by atoms with Crippen molar-refractivity contribution in [2.45, 2.75) is 535 Å². The van der Waals surface area contributed by atoms with Crippen LogP contribution in [0.15, 0.2) is 0 Å². The average Bonchev–Trinajstić information content (AvgIpc) is 0.901. The predicted octanol–water partition coefficient (Wildman–Crippen LogP) is 30.0. The molecular formula is C96H188O17P2. The molecule has 0 spiro atoms. The highest BCUT2D eigenvalue weighted by Gasteiger charge is 2.31. The van der Waals surface area contributed by atoms with Gasteiger partial charge in [0.05, 0.1) is 26.4 Å². The molecule has 684 valence electrons. The highest BCUT2D eigenvalue weighted by Crippen LogP contribution is 2.45. The summed E-state index contributed by atoms with van der Waals surface area (Å²) in [7, 11) is -9.94. The van der Waals surface area contributed by atoms with E-state index in [2.05, 4.69) is 48.5 Å². The molecule has 0 aromatic heterocycles. The van der Waals surface area contributed by atoms with Gasteiger partial charge in [-0.05, 0) is 43.4 Å². The van der Waals surface area contributed by atoms with Gasteiger partial charge in [-0.3, -0.25) is 37.3 Å². The maximum Gasteiger partial charge on any atom is 0.472 e. The maximum atomic E-state index is 13.2. The van der Waals surface area contributed by atoms with E-state index in [1.54, 1.807) is 0 Å². The molecule has 0 fully saturated rings. The largest absolute Gasteiger partial charge is 0.472 e. The molecule has 0 aliphatic heterocycles. The summed E-state index contributed by atoms with van der Waals surface area (Å²) in [5, 5.41) is 10.7. The van der Waals surface area contributed by atoms with Crippen molar-refractivity contribution in [1.82, 2.24) is 0 Å². The fraction of sp³-hybridized carbons (Fsp3) is 0.958. The summed E-state index contributed by atoms with van der Waals surface area (Å²) in [4.78, 5) is 73.6. The van der Waals surface area contributed by atoms with Gasteiger partial charge in [0.1, 0.15) is 19.3 Å². The fourth-order valence-electron chi connectivity index (χ4n) is 15.1. The molecule has 0 bridgehead atoms. The Labute approximate surface area is 708 Å². The second kappa shape index (κ2) is 85.6. The van der Waals surface area contributed by atoms with Gasteiger partial charge in [-0.1, -0.05) is 466 Å². The number of phosphoric ester groups is 2. The molecule has 0 aromatic carbocycles. The zero-order chi connectivity index (χ0) is 84.3. The maximum absolute atomic E-state index is 13.2. The molecule has 0 aliphatic rings. The van der Waals surface area contributed by atoms with Gasteiger partial charge in [-0.15, -0.1) is 0 Å². The lowest BCUT2D eigenvalue weighted by molar-refractivity contribution is -0.161. The lowest BCUT2D eigenvalue weighted by Crippen LogP contribution is -2.30. The quantitative estimate of drug-likeness (QED) is 0.0222. The number of rotatable bonds is 94. The third-order valence-corrected chi connectivity index (χ3v) is 24.9. The zero-order valence-electron chi connectivity index (χ0n) is 76.3. The van der Waals surface area contributed by atoms with Crippen LogP contribution in [-0.4, -0.2) is 96.7 Å². The first-order valence-corrected chi connectivity index (χ1v) is 52.4. The van der Waals surface area contributed by atoms with Crippen molar-refractivity contribution in [3.05, 3.63) is 0 Å². The van der Waals surface area contributed by atoms with E-state index in [0.717, 1.165) is 108 Å². The number of aliphatic hydroxyl groups is 1. The Balaban J connectivity index is 5.24. The molecule has 6 atom stereocenters. The number of hydrogen-bond acceptors (Lipinski definition) is 15. The smallest absolute Gasteiger partial charge is 0.462 e. The van der Waals surface area contributed by atoms with Crippen molar-refractivity contribution in [3.8, 4) is 0 Å². The van der Waals surface area contributed by atoms with Gasteiger partial charge in [0.25, 0.3) is 0 Å². The second-order valence-electron chi connectivity index (χ2n) is 35.7. The van der Waals surface area contributed by atoms with Crippen LogP contribution in [0, 0.1) is 17.8 Å². The van der Waals surface area contributed by atoms with Crippen LogP contribution in [-0.2, 0) is 65.4 Å². The molecule has 0 amide bonds. The second-order valence-corrected chi connectivity index (χ2v) is 38.6. The Bertz CT molecular complexity index is 2200. The fourth-order valence-corrected chi connectivity index (χ4v) is 16.7. The number of carbonyl (C=O) groups is 4. The normalized spacial score (nSPS) is 13.9. The van der Waals surface area contributed by atoms with E-state index in [9.17, 15) is 43.2 Å². The summed E-state index contributed by atoms with van der Waals surface area (Å²) >= 11 is 0. The Hall–Kier alpha value is -1.94. The summed E-state index contributed by atoms with van der Waals surface area (Å²) in [5.74, 6) is 0.330. The summed E-state index contributed by atoms with van der Waals surface area (Å²) in [6.07, 6.45) is 80.8. The first-order valence-electron chi connectivity index (χ1n) is 49.4. The van der Waals surface area contributed by atoms with Crippen molar-refractivity contribution in [3.63, 3.8) is 0 Å². The number of phosphoric acid groups is 2. The summed E-state index contributed by atoms with van der Waals surface area (Å²) in [6.45, 7) is 12.1. The van der Waals surface area contributed by atoms with E-state index in [0.29, 0.717) is 25.7 Å². The van der Waals surface area contributed by atoms with E-state index in [-0.39, 0.29) is 25.7 Å². The number of ether oxygens (including phenoxy) is 4. The topological polar surface area (TPSA) is 237 Å². The lowest BCUT2D eigenvalue weighted by atomic mass is 9.99. The van der Waals surface area contributed by atoms with Crippen LogP contribution in [0.2, 0.25) is 0 Å². The van der Waals surface area contributed by atoms with E-state index >= 15 is 0 Å². The Kier molecular flexibility index (Phi) is 84.2. The minimum atomic E-state index is -4.97. The van der Waals surface area contributed by atoms with Crippen LogP contribution in [0.5, 0.6) is 0 Å². The summed E-state index contributed by atoms with van der Waals surface area (Å²) < 4.78 is 69.2. The van der Waals surface area contributed by atoms with Crippen LogP contribution >= 0.6 is 15.6 Å². The van der Waals surface area contributed by atoms with Crippen LogP contribution < -0.4 is 0 Å². The molecule has 115 heavy (non-hydrogen) atoms. The Morgan fingerprint density at radius 3 is 0.661 bits per heavy atom. The molecule has 0 heterocycles. The van der Waals surface area contributed by atoms with E-state index in [1.807, 2.05) is 0 Å². The third kappa shape index (κ3) is 88.2. The lowest BCUT2D eigenvalue weighted by Gasteiger charge is -2.21. The molecule has 3 N–H and O–H groups in total. The van der Waals surface area contributed by atoms with Gasteiger partial charge in [0.2, 0.25) is 0 Å². The molecule has 0 saturated carbocycles. The highest BCUT2D eigenvalue weighted by molar-refractivity contribution is 7.47. The number of unbranched alkanes of at least 4 members (excludes halogenated alkanes) is 61. The molecule has 0 saturated heterocycles. The number of aliphatic hydroxyl groups excluding tert-OH is 1. The average molecular weight is 1680 g/mol. The number of esters is 4. The monoisotopic (exact) mass is 1680 g/mol. The van der Waals surface area contributed by atoms with Crippen molar-refractivity contribution in [2.75, 3.05) is 39.6 Å². The van der Waals surface area contributed by atoms with Gasteiger partial charge in [-0.25, -0.2) is 9.13 Å². The minimum Gasteiger partial charge on any atom is -0.462 e. The SMILES string of the molecule is CCCCCCCCCCCCCCCCCCCCCCCCC(=O)OC[C@H](COP(=O)(O)OC[C@@H](O)COP(=O)(O)OC[C@@H](COC(=O)CCCCCCCCCCCC(C)C)OC(=O)CCCCCCCCCCCCCCCCCCC(C)C)OC(=O)CCCCCCCCCCCCCCCCCCCCC(C)CC.